The van der Waals surface area contributed by atoms with Crippen LogP contribution in [0, 0.1) is 6.92 Å². The summed E-state index contributed by atoms with van der Waals surface area (Å²) in [6.45, 7) is 9.24. The number of hydrogen-bond donors (Lipinski definition) is 2. The van der Waals surface area contributed by atoms with Crippen LogP contribution in [0.15, 0.2) is 48.5 Å². The van der Waals surface area contributed by atoms with E-state index in [1.54, 1.807) is 20.8 Å². The Morgan fingerprint density at radius 1 is 1.00 bits per heavy atom. The summed E-state index contributed by atoms with van der Waals surface area (Å²) in [6, 6.07) is 16.9. The van der Waals surface area contributed by atoms with Crippen LogP contribution in [0.4, 0.5) is 0 Å². The summed E-state index contributed by atoms with van der Waals surface area (Å²) in [5.41, 5.74) is 10.0. The van der Waals surface area contributed by atoms with Gasteiger partial charge in [0.15, 0.2) is 5.65 Å². The van der Waals surface area contributed by atoms with Crippen LogP contribution in [0.2, 0.25) is 5.02 Å². The van der Waals surface area contributed by atoms with Gasteiger partial charge in [0.1, 0.15) is 0 Å². The number of rotatable bonds is 3. The van der Waals surface area contributed by atoms with E-state index in [0.717, 1.165) is 39.7 Å². The maximum atomic E-state index is 8.52. The Kier molecular flexibility index (Phi) is 9.46. The molecule has 2 N–H and O–H groups in total. The summed E-state index contributed by atoms with van der Waals surface area (Å²) in [6.07, 6.45) is 5.85. The molecule has 0 aliphatic heterocycles. The van der Waals surface area contributed by atoms with Gasteiger partial charge in [0.25, 0.3) is 6.47 Å². The summed E-state index contributed by atoms with van der Waals surface area (Å²) in [5, 5.41) is 21.2. The zero-order valence-corrected chi connectivity index (χ0v) is 23.0. The van der Waals surface area contributed by atoms with Gasteiger partial charge in [-0.3, -0.25) is 4.79 Å². The average Bonchev–Trinajstić information content (AvgIpc) is 3.26. The molecule has 2 heterocycles. The van der Waals surface area contributed by atoms with Gasteiger partial charge in [0.05, 0.1) is 17.0 Å². The first kappa shape index (κ1) is 28.4. The van der Waals surface area contributed by atoms with Crippen molar-refractivity contribution in [3.05, 3.63) is 75.9 Å². The van der Waals surface area contributed by atoms with Gasteiger partial charge in [0.2, 0.25) is 0 Å². The van der Waals surface area contributed by atoms with E-state index in [1.165, 1.54) is 47.9 Å². The number of aryl methyl sites for hydroxylation is 3. The summed E-state index contributed by atoms with van der Waals surface area (Å²) in [4.78, 5) is 13.2. The van der Waals surface area contributed by atoms with Crippen LogP contribution in [0.3, 0.4) is 0 Å². The highest BCUT2D eigenvalue weighted by Crippen LogP contribution is 2.31. The van der Waals surface area contributed by atoms with Crippen molar-refractivity contribution >= 4 is 23.7 Å². The molecule has 196 valence electrons. The van der Waals surface area contributed by atoms with Crippen LogP contribution in [0.25, 0.3) is 28.2 Å². The molecule has 2 aromatic carbocycles. The lowest BCUT2D eigenvalue weighted by Gasteiger charge is -2.16. The van der Waals surface area contributed by atoms with E-state index < -0.39 is 5.60 Å². The number of carbonyl (C=O) groups is 1. The molecule has 0 saturated heterocycles. The summed E-state index contributed by atoms with van der Waals surface area (Å²) in [7, 11) is 0. The average molecular weight is 522 g/mol. The van der Waals surface area contributed by atoms with Crippen molar-refractivity contribution < 1.29 is 15.0 Å². The Labute approximate surface area is 224 Å². The number of fused-ring (bicyclic) bond motifs is 2. The molecule has 6 nitrogen and oxygen atoms in total. The Morgan fingerprint density at radius 3 is 2.16 bits per heavy atom. The summed E-state index contributed by atoms with van der Waals surface area (Å²) < 4.78 is 2.00. The molecule has 37 heavy (non-hydrogen) atoms. The molecule has 0 unspecified atom stereocenters. The topological polar surface area (TPSA) is 87.7 Å². The van der Waals surface area contributed by atoms with Gasteiger partial charge in [-0.2, -0.15) is 5.10 Å². The fourth-order valence-corrected chi connectivity index (χ4v) is 4.64. The second-order valence-corrected chi connectivity index (χ2v) is 10.6. The van der Waals surface area contributed by atoms with E-state index in [2.05, 4.69) is 50.2 Å². The minimum atomic E-state index is -0.500. The molecule has 2 aromatic heterocycles. The Balaban J connectivity index is 0.000000420. The van der Waals surface area contributed by atoms with Crippen molar-refractivity contribution in [1.82, 2.24) is 14.6 Å². The molecule has 1 aliphatic carbocycles. The first-order valence-electron chi connectivity index (χ1n) is 12.6. The third-order valence-corrected chi connectivity index (χ3v) is 6.27. The zero-order chi connectivity index (χ0) is 27.2. The van der Waals surface area contributed by atoms with Gasteiger partial charge in [-0.15, -0.1) is 0 Å². The maximum Gasteiger partial charge on any atom is 0.290 e. The number of nitrogens with zero attached hydrogens (tertiary/aromatic N) is 3. The Morgan fingerprint density at radius 2 is 1.57 bits per heavy atom. The van der Waals surface area contributed by atoms with Gasteiger partial charge in [-0.25, -0.2) is 9.50 Å². The lowest BCUT2D eigenvalue weighted by Crippen LogP contribution is -2.10. The molecule has 7 heteroatoms. The van der Waals surface area contributed by atoms with E-state index in [-0.39, 0.29) is 6.47 Å². The monoisotopic (exact) mass is 521 g/mol. The zero-order valence-electron chi connectivity index (χ0n) is 22.3. The maximum absolute atomic E-state index is 8.52. The van der Waals surface area contributed by atoms with E-state index in [9.17, 15) is 0 Å². The van der Waals surface area contributed by atoms with E-state index in [4.69, 9.17) is 36.7 Å². The molecule has 0 saturated carbocycles. The van der Waals surface area contributed by atoms with Gasteiger partial charge in [-0.05, 0) is 94.7 Å². The second kappa shape index (κ2) is 12.3. The normalized spacial score (nSPS) is 12.6. The second-order valence-electron chi connectivity index (χ2n) is 10.2. The Bertz CT molecular complexity index is 1350. The molecule has 0 atom stereocenters. The molecular formula is C30H36ClN3O3. The number of aliphatic hydroxyl groups is 1. The molecular weight excluding hydrogens is 486 g/mol. The largest absolute Gasteiger partial charge is 0.483 e. The van der Waals surface area contributed by atoms with Crippen molar-refractivity contribution in [1.29, 1.82) is 0 Å². The molecule has 1 aliphatic rings. The van der Waals surface area contributed by atoms with Crippen LogP contribution in [-0.4, -0.2) is 36.9 Å². The lowest BCUT2D eigenvalue weighted by molar-refractivity contribution is -0.122. The number of carboxylic acid groups (broad SMARTS) is 1. The molecule has 4 aromatic rings. The van der Waals surface area contributed by atoms with Gasteiger partial charge in [-0.1, -0.05) is 42.8 Å². The highest BCUT2D eigenvalue weighted by molar-refractivity contribution is 6.30. The fourth-order valence-electron chi connectivity index (χ4n) is 4.52. The van der Waals surface area contributed by atoms with Crippen molar-refractivity contribution in [3.63, 3.8) is 0 Å². The third-order valence-electron chi connectivity index (χ3n) is 6.02. The van der Waals surface area contributed by atoms with Gasteiger partial charge >= 0.3 is 0 Å². The van der Waals surface area contributed by atoms with Crippen molar-refractivity contribution in [2.75, 3.05) is 0 Å². The smallest absolute Gasteiger partial charge is 0.290 e. The van der Waals surface area contributed by atoms with Crippen LogP contribution < -0.4 is 0 Å². The predicted octanol–water partition coefficient (Wildman–Crippen LogP) is 6.94. The minimum Gasteiger partial charge on any atom is -0.483 e. The fraction of sp³-hybridized carbons (Fsp3) is 0.367. The summed E-state index contributed by atoms with van der Waals surface area (Å²) >= 11 is 6.13. The minimum absolute atomic E-state index is 0.250. The first-order valence-corrected chi connectivity index (χ1v) is 13.0. The van der Waals surface area contributed by atoms with Crippen LogP contribution in [0.5, 0.6) is 0 Å². The van der Waals surface area contributed by atoms with E-state index in [1.807, 2.05) is 16.6 Å². The van der Waals surface area contributed by atoms with Crippen LogP contribution in [0.1, 0.15) is 62.9 Å². The summed E-state index contributed by atoms with van der Waals surface area (Å²) in [5.74, 6) is 0. The number of halogens is 1. The quantitative estimate of drug-likeness (QED) is 0.285. The highest BCUT2D eigenvalue weighted by Gasteiger charge is 2.17. The van der Waals surface area contributed by atoms with Crippen LogP contribution in [-0.2, 0) is 24.1 Å². The molecule has 0 spiro atoms. The lowest BCUT2D eigenvalue weighted by atomic mass is 9.90. The van der Waals surface area contributed by atoms with Crippen molar-refractivity contribution in [2.24, 2.45) is 0 Å². The van der Waals surface area contributed by atoms with E-state index >= 15 is 0 Å². The highest BCUT2D eigenvalue weighted by atomic mass is 35.5. The Hall–Kier alpha value is -3.22. The van der Waals surface area contributed by atoms with Gasteiger partial charge < -0.3 is 10.2 Å². The molecule has 0 radical (unpaired) electrons. The third kappa shape index (κ3) is 7.40. The van der Waals surface area contributed by atoms with Crippen LogP contribution >= 0.6 is 11.6 Å². The molecule has 0 bridgehead atoms. The standard InChI is InChI=1S/C25H24ClN3.C4H10O.CH2O2/c1-3-22-16(2)27-24-15-23(20-9-8-17-6-4-5-7-19(17)14-20)28-29(24)25(22)18-10-12-21(26)13-11-18;1-4(2,3)5;2-1-3/h8-15H,3-7H2,1-2H3;5H,1-3H3;1H,(H,2,3). The molecule has 0 amide bonds. The first-order chi connectivity index (χ1) is 17.5. The van der Waals surface area contributed by atoms with Gasteiger partial charge in [0, 0.05) is 27.9 Å². The molecule has 0 fully saturated rings. The predicted molar refractivity (Wildman–Crippen MR) is 150 cm³/mol. The van der Waals surface area contributed by atoms with Crippen molar-refractivity contribution in [2.45, 2.75) is 72.3 Å². The SMILES string of the molecule is CC(C)(C)O.CCc1c(C)nc2cc(-c3ccc4c(c3)CCCC4)nn2c1-c1ccc(Cl)cc1.O=CO. The number of hydrogen-bond acceptors (Lipinski definition) is 4. The number of aromatic nitrogens is 3. The van der Waals surface area contributed by atoms with E-state index in [0.29, 0.717) is 0 Å². The number of benzene rings is 2. The molecule has 5 rings (SSSR count). The van der Waals surface area contributed by atoms with Crippen molar-refractivity contribution in [3.8, 4) is 22.5 Å².